The van der Waals surface area contributed by atoms with Gasteiger partial charge in [0.2, 0.25) is 11.8 Å². The van der Waals surface area contributed by atoms with Crippen molar-refractivity contribution < 1.29 is 9.21 Å². The van der Waals surface area contributed by atoms with Crippen LogP contribution in [0.3, 0.4) is 0 Å². The number of carbonyl (C=O) groups excluding carboxylic acids is 1. The minimum atomic E-state index is -0.552. The smallest absolute Gasteiger partial charge is 0.315 e. The number of nitrogens with one attached hydrogen (secondary N) is 2. The summed E-state index contributed by atoms with van der Waals surface area (Å²) in [5.74, 6) is 0.678. The van der Waals surface area contributed by atoms with Crippen LogP contribution in [0.2, 0.25) is 5.02 Å². The van der Waals surface area contributed by atoms with Gasteiger partial charge in [-0.2, -0.15) is 0 Å². The van der Waals surface area contributed by atoms with Crippen molar-refractivity contribution in [1.82, 2.24) is 20.8 Å². The molecule has 0 unspecified atom stereocenters. The first kappa shape index (κ1) is 18.9. The second-order valence-electron chi connectivity index (χ2n) is 6.22. The fourth-order valence-electron chi connectivity index (χ4n) is 2.49. The Hall–Kier alpha value is -2.86. The second kappa shape index (κ2) is 8.68. The molecular weight excluding hydrogens is 364 g/mol. The Kier molecular flexibility index (Phi) is 6.08. The van der Waals surface area contributed by atoms with E-state index < -0.39 is 6.04 Å². The number of carbonyl (C=O) groups is 1. The first-order chi connectivity index (χ1) is 13.1. The normalized spacial score (nSPS) is 13.0. The van der Waals surface area contributed by atoms with Gasteiger partial charge in [-0.15, -0.1) is 10.2 Å². The molecular formula is C20H21ClN4O2. The Morgan fingerprint density at radius 1 is 1.07 bits per heavy atom. The van der Waals surface area contributed by atoms with E-state index >= 15 is 0 Å². The lowest BCUT2D eigenvalue weighted by molar-refractivity contribution is 0.233. The first-order valence-corrected chi connectivity index (χ1v) is 9.16. The fraction of sp³-hybridized carbons (Fsp3) is 0.250. The third kappa shape index (κ3) is 4.86. The van der Waals surface area contributed by atoms with E-state index in [9.17, 15) is 4.79 Å². The Labute approximate surface area is 163 Å². The molecule has 3 aromatic rings. The molecule has 7 heteroatoms. The van der Waals surface area contributed by atoms with Gasteiger partial charge in [-0.25, -0.2) is 4.79 Å². The molecule has 2 aromatic carbocycles. The Morgan fingerprint density at radius 3 is 2.44 bits per heavy atom. The van der Waals surface area contributed by atoms with Crippen LogP contribution < -0.4 is 10.6 Å². The molecule has 0 fully saturated rings. The number of benzene rings is 2. The predicted molar refractivity (Wildman–Crippen MR) is 104 cm³/mol. The van der Waals surface area contributed by atoms with Crippen LogP contribution >= 0.6 is 11.6 Å². The van der Waals surface area contributed by atoms with Gasteiger partial charge < -0.3 is 15.1 Å². The minimum absolute atomic E-state index is 0.0636. The maximum absolute atomic E-state index is 12.4. The number of hydrogen-bond donors (Lipinski definition) is 2. The predicted octanol–water partition coefficient (Wildman–Crippen LogP) is 4.58. The van der Waals surface area contributed by atoms with Crippen LogP contribution in [0.1, 0.15) is 37.8 Å². The van der Waals surface area contributed by atoms with Gasteiger partial charge in [-0.05, 0) is 43.2 Å². The molecule has 3 rings (SSSR count). The molecule has 2 amide bonds. The zero-order chi connectivity index (χ0) is 19.2. The quantitative estimate of drug-likeness (QED) is 0.652. The Morgan fingerprint density at radius 2 is 1.78 bits per heavy atom. The summed E-state index contributed by atoms with van der Waals surface area (Å²) in [5, 5.41) is 14.7. The van der Waals surface area contributed by atoms with E-state index in [0.29, 0.717) is 16.8 Å². The topological polar surface area (TPSA) is 80.0 Å². The molecule has 0 radical (unpaired) electrons. The van der Waals surface area contributed by atoms with Gasteiger partial charge in [-0.1, -0.05) is 48.9 Å². The van der Waals surface area contributed by atoms with E-state index in [1.807, 2.05) is 44.2 Å². The van der Waals surface area contributed by atoms with E-state index in [0.717, 1.165) is 17.5 Å². The number of hydrogen-bond acceptors (Lipinski definition) is 4. The lowest BCUT2D eigenvalue weighted by atomic mass is 10.1. The van der Waals surface area contributed by atoms with Crippen molar-refractivity contribution in [3.05, 3.63) is 71.1 Å². The minimum Gasteiger partial charge on any atom is -0.418 e. The molecule has 1 aromatic heterocycles. The summed E-state index contributed by atoms with van der Waals surface area (Å²) in [6, 6.07) is 15.9. The van der Waals surface area contributed by atoms with Gasteiger partial charge >= 0.3 is 6.03 Å². The van der Waals surface area contributed by atoms with E-state index in [1.54, 1.807) is 24.3 Å². The molecule has 1 heterocycles. The van der Waals surface area contributed by atoms with Crippen LogP contribution in [0, 0.1) is 0 Å². The molecule has 0 saturated carbocycles. The third-order valence-electron chi connectivity index (χ3n) is 4.18. The average Bonchev–Trinajstić information content (AvgIpc) is 3.17. The molecule has 27 heavy (non-hydrogen) atoms. The lowest BCUT2D eigenvalue weighted by Gasteiger charge is -2.18. The number of halogens is 1. The van der Waals surface area contributed by atoms with Crippen LogP contribution in [-0.4, -0.2) is 22.3 Å². The highest BCUT2D eigenvalue weighted by Crippen LogP contribution is 2.25. The van der Waals surface area contributed by atoms with Gasteiger partial charge in [0.05, 0.1) is 0 Å². The molecule has 0 aliphatic carbocycles. The summed E-state index contributed by atoms with van der Waals surface area (Å²) in [6.07, 6.45) is 0.838. The SMILES string of the molecule is CC[C@H](C)NC(=O)N[C@@H](c1ccccc1)c1nnc(-c2ccc(Cl)cc2)o1. The summed E-state index contributed by atoms with van der Waals surface area (Å²) >= 11 is 5.92. The highest BCUT2D eigenvalue weighted by atomic mass is 35.5. The van der Waals surface area contributed by atoms with Gasteiger partial charge in [0.25, 0.3) is 0 Å². The van der Waals surface area contributed by atoms with Crippen molar-refractivity contribution in [2.75, 3.05) is 0 Å². The molecule has 2 N–H and O–H groups in total. The molecule has 140 valence electrons. The van der Waals surface area contributed by atoms with Crippen LogP contribution in [0.5, 0.6) is 0 Å². The molecule has 0 bridgehead atoms. The summed E-state index contributed by atoms with van der Waals surface area (Å²) in [4.78, 5) is 12.4. The van der Waals surface area contributed by atoms with E-state index in [1.165, 1.54) is 0 Å². The number of aromatic nitrogens is 2. The largest absolute Gasteiger partial charge is 0.418 e. The van der Waals surface area contributed by atoms with Crippen molar-refractivity contribution in [3.63, 3.8) is 0 Å². The molecule has 0 saturated heterocycles. The van der Waals surface area contributed by atoms with E-state index in [-0.39, 0.29) is 12.1 Å². The number of rotatable bonds is 6. The highest BCUT2D eigenvalue weighted by Gasteiger charge is 2.23. The Balaban J connectivity index is 1.87. The van der Waals surface area contributed by atoms with Crippen molar-refractivity contribution >= 4 is 17.6 Å². The van der Waals surface area contributed by atoms with Crippen LogP contribution in [-0.2, 0) is 0 Å². The first-order valence-electron chi connectivity index (χ1n) is 8.78. The van der Waals surface area contributed by atoms with Crippen molar-refractivity contribution in [1.29, 1.82) is 0 Å². The summed E-state index contributed by atoms with van der Waals surface area (Å²) in [7, 11) is 0. The fourth-order valence-corrected chi connectivity index (χ4v) is 2.62. The van der Waals surface area contributed by atoms with Crippen molar-refractivity contribution in [3.8, 4) is 11.5 Å². The van der Waals surface area contributed by atoms with Crippen LogP contribution in [0.25, 0.3) is 11.5 Å². The van der Waals surface area contributed by atoms with E-state index in [4.69, 9.17) is 16.0 Å². The summed E-state index contributed by atoms with van der Waals surface area (Å²) in [6.45, 7) is 3.96. The van der Waals surface area contributed by atoms with Gasteiger partial charge in [0, 0.05) is 16.6 Å². The van der Waals surface area contributed by atoms with Gasteiger partial charge in [0.15, 0.2) is 0 Å². The molecule has 0 aliphatic heterocycles. The van der Waals surface area contributed by atoms with Gasteiger partial charge in [-0.3, -0.25) is 0 Å². The molecule has 6 nitrogen and oxygen atoms in total. The zero-order valence-corrected chi connectivity index (χ0v) is 15.9. The van der Waals surface area contributed by atoms with Gasteiger partial charge in [0.1, 0.15) is 6.04 Å². The number of urea groups is 1. The molecule has 0 spiro atoms. The summed E-state index contributed by atoms with van der Waals surface area (Å²) < 4.78 is 5.85. The summed E-state index contributed by atoms with van der Waals surface area (Å²) in [5.41, 5.74) is 1.61. The van der Waals surface area contributed by atoms with Crippen molar-refractivity contribution in [2.45, 2.75) is 32.4 Å². The average molecular weight is 385 g/mol. The second-order valence-corrected chi connectivity index (χ2v) is 6.66. The lowest BCUT2D eigenvalue weighted by Crippen LogP contribution is -2.42. The Bertz CT molecular complexity index is 881. The van der Waals surface area contributed by atoms with E-state index in [2.05, 4.69) is 20.8 Å². The maximum Gasteiger partial charge on any atom is 0.315 e. The monoisotopic (exact) mass is 384 g/mol. The molecule has 2 atom stereocenters. The third-order valence-corrected chi connectivity index (χ3v) is 4.43. The maximum atomic E-state index is 12.4. The highest BCUT2D eigenvalue weighted by molar-refractivity contribution is 6.30. The standard InChI is InChI=1S/C20H21ClN4O2/c1-3-13(2)22-20(26)23-17(14-7-5-4-6-8-14)19-25-24-18(27-19)15-9-11-16(21)12-10-15/h4-13,17H,3H2,1-2H3,(H2,22,23,26)/t13-,17-/m0/s1. The number of amides is 2. The van der Waals surface area contributed by atoms with Crippen LogP contribution in [0.4, 0.5) is 4.79 Å². The molecule has 0 aliphatic rings. The van der Waals surface area contributed by atoms with Crippen molar-refractivity contribution in [2.24, 2.45) is 0 Å². The number of nitrogens with zero attached hydrogens (tertiary/aromatic N) is 2. The zero-order valence-electron chi connectivity index (χ0n) is 15.1. The van der Waals surface area contributed by atoms with Crippen LogP contribution in [0.15, 0.2) is 59.0 Å².